The molecule has 0 atom stereocenters. The summed E-state index contributed by atoms with van der Waals surface area (Å²) in [5.74, 6) is 1.39. The lowest BCUT2D eigenvalue weighted by Gasteiger charge is -2.19. The molecule has 0 bridgehead atoms. The van der Waals surface area contributed by atoms with Crippen LogP contribution in [0, 0.1) is 0 Å². The first-order chi connectivity index (χ1) is 10.7. The number of aromatic nitrogens is 1. The van der Waals surface area contributed by atoms with E-state index in [0.717, 1.165) is 21.5 Å². The molecule has 0 spiro atoms. The van der Waals surface area contributed by atoms with Gasteiger partial charge < -0.3 is 14.8 Å². The Morgan fingerprint density at radius 1 is 1.32 bits per heavy atom. The highest BCUT2D eigenvalue weighted by Gasteiger charge is 2.16. The molecule has 2 aromatic rings. The zero-order valence-corrected chi connectivity index (χ0v) is 14.2. The molecule has 2 heterocycles. The predicted molar refractivity (Wildman–Crippen MR) is 87.7 cm³/mol. The SMILES string of the molecule is O=C(Cc1cc2c(cc1Br)OCCO2)NCCc1nccs1. The largest absolute Gasteiger partial charge is 0.486 e. The maximum Gasteiger partial charge on any atom is 0.224 e. The molecule has 116 valence electrons. The molecule has 0 fully saturated rings. The van der Waals surface area contributed by atoms with E-state index in [-0.39, 0.29) is 5.91 Å². The molecule has 0 saturated heterocycles. The Kier molecular flexibility index (Phi) is 4.94. The summed E-state index contributed by atoms with van der Waals surface area (Å²) in [6.45, 7) is 1.68. The van der Waals surface area contributed by atoms with Crippen LogP contribution >= 0.6 is 27.3 Å². The highest BCUT2D eigenvalue weighted by Crippen LogP contribution is 2.35. The minimum Gasteiger partial charge on any atom is -0.486 e. The number of hydrogen-bond donors (Lipinski definition) is 1. The molecule has 1 amide bonds. The fraction of sp³-hybridized carbons (Fsp3) is 0.333. The summed E-state index contributed by atoms with van der Waals surface area (Å²) in [6, 6.07) is 3.71. The number of halogens is 1. The lowest BCUT2D eigenvalue weighted by molar-refractivity contribution is -0.120. The third kappa shape index (κ3) is 3.78. The zero-order valence-electron chi connectivity index (χ0n) is 11.8. The van der Waals surface area contributed by atoms with Crippen molar-refractivity contribution in [3.8, 4) is 11.5 Å². The summed E-state index contributed by atoms with van der Waals surface area (Å²) in [6.07, 6.45) is 2.83. The molecule has 0 aliphatic carbocycles. The second-order valence-electron chi connectivity index (χ2n) is 4.79. The van der Waals surface area contributed by atoms with Crippen molar-refractivity contribution in [2.75, 3.05) is 19.8 Å². The van der Waals surface area contributed by atoms with Crippen LogP contribution in [0.15, 0.2) is 28.2 Å². The smallest absolute Gasteiger partial charge is 0.224 e. The first-order valence-corrected chi connectivity index (χ1v) is 8.63. The normalized spacial score (nSPS) is 13.0. The summed E-state index contributed by atoms with van der Waals surface area (Å²) in [5, 5.41) is 5.87. The van der Waals surface area contributed by atoms with Crippen molar-refractivity contribution in [2.45, 2.75) is 12.8 Å². The molecule has 3 rings (SSSR count). The number of thiazole rings is 1. The quantitative estimate of drug-likeness (QED) is 0.862. The Hall–Kier alpha value is -1.60. The minimum atomic E-state index is -0.0195. The molecule has 1 aliphatic rings. The van der Waals surface area contributed by atoms with Crippen molar-refractivity contribution in [2.24, 2.45) is 0 Å². The zero-order chi connectivity index (χ0) is 15.4. The van der Waals surface area contributed by atoms with Gasteiger partial charge in [0.15, 0.2) is 11.5 Å². The molecular formula is C15H15BrN2O3S. The van der Waals surface area contributed by atoms with Gasteiger partial charge in [0, 0.05) is 29.0 Å². The van der Waals surface area contributed by atoms with Crippen molar-refractivity contribution in [1.82, 2.24) is 10.3 Å². The van der Waals surface area contributed by atoms with Crippen LogP contribution in [0.1, 0.15) is 10.6 Å². The molecule has 1 N–H and O–H groups in total. The van der Waals surface area contributed by atoms with Crippen LogP contribution in [0.4, 0.5) is 0 Å². The molecule has 0 saturated carbocycles. The van der Waals surface area contributed by atoms with Gasteiger partial charge >= 0.3 is 0 Å². The maximum absolute atomic E-state index is 12.0. The van der Waals surface area contributed by atoms with E-state index in [2.05, 4.69) is 26.2 Å². The average molecular weight is 383 g/mol. The van der Waals surface area contributed by atoms with Crippen molar-refractivity contribution in [3.63, 3.8) is 0 Å². The van der Waals surface area contributed by atoms with Crippen LogP contribution in [0.5, 0.6) is 11.5 Å². The third-order valence-electron chi connectivity index (χ3n) is 3.21. The number of nitrogens with one attached hydrogen (secondary N) is 1. The monoisotopic (exact) mass is 382 g/mol. The Morgan fingerprint density at radius 3 is 2.82 bits per heavy atom. The van der Waals surface area contributed by atoms with E-state index in [1.807, 2.05) is 17.5 Å². The first-order valence-electron chi connectivity index (χ1n) is 6.95. The van der Waals surface area contributed by atoms with E-state index >= 15 is 0 Å². The van der Waals surface area contributed by atoms with E-state index in [1.165, 1.54) is 0 Å². The van der Waals surface area contributed by atoms with E-state index in [0.29, 0.717) is 37.7 Å². The fourth-order valence-corrected chi connectivity index (χ4v) is 3.25. The van der Waals surface area contributed by atoms with Crippen LogP contribution in [0.25, 0.3) is 0 Å². The van der Waals surface area contributed by atoms with Crippen molar-refractivity contribution >= 4 is 33.2 Å². The van der Waals surface area contributed by atoms with Gasteiger partial charge in [-0.15, -0.1) is 11.3 Å². The van der Waals surface area contributed by atoms with Gasteiger partial charge in [0.2, 0.25) is 5.91 Å². The number of rotatable bonds is 5. The minimum absolute atomic E-state index is 0.0195. The molecule has 1 aliphatic heterocycles. The summed E-state index contributed by atoms with van der Waals surface area (Å²) in [5.41, 5.74) is 0.885. The fourth-order valence-electron chi connectivity index (χ4n) is 2.16. The Labute approximate surface area is 140 Å². The molecular weight excluding hydrogens is 368 g/mol. The molecule has 22 heavy (non-hydrogen) atoms. The Balaban J connectivity index is 1.56. The van der Waals surface area contributed by atoms with Gasteiger partial charge in [-0.1, -0.05) is 15.9 Å². The Bertz CT molecular complexity index is 661. The number of carbonyl (C=O) groups is 1. The standard InChI is InChI=1S/C15H15BrN2O3S/c16-11-9-13-12(20-4-5-21-13)7-10(11)8-14(19)17-2-1-15-18-3-6-22-15/h3,6-7,9H,1-2,4-5,8H2,(H,17,19). The van der Waals surface area contributed by atoms with E-state index in [4.69, 9.17) is 9.47 Å². The van der Waals surface area contributed by atoms with Crippen molar-refractivity contribution in [1.29, 1.82) is 0 Å². The van der Waals surface area contributed by atoms with Crippen LogP contribution in [-0.4, -0.2) is 30.6 Å². The number of ether oxygens (including phenoxy) is 2. The maximum atomic E-state index is 12.0. The molecule has 0 radical (unpaired) electrons. The van der Waals surface area contributed by atoms with E-state index in [1.54, 1.807) is 17.5 Å². The lowest BCUT2D eigenvalue weighted by Crippen LogP contribution is -2.27. The summed E-state index contributed by atoms with van der Waals surface area (Å²) in [7, 11) is 0. The summed E-state index contributed by atoms with van der Waals surface area (Å²) >= 11 is 5.08. The van der Waals surface area contributed by atoms with Crippen LogP contribution in [-0.2, 0) is 17.6 Å². The van der Waals surface area contributed by atoms with Crippen LogP contribution < -0.4 is 14.8 Å². The molecule has 7 heteroatoms. The lowest BCUT2D eigenvalue weighted by atomic mass is 10.1. The number of fused-ring (bicyclic) bond motifs is 1. The number of nitrogens with zero attached hydrogens (tertiary/aromatic N) is 1. The van der Waals surface area contributed by atoms with Gasteiger partial charge in [0.1, 0.15) is 13.2 Å². The average Bonchev–Trinajstić information content (AvgIpc) is 3.01. The molecule has 1 aromatic carbocycles. The molecule has 0 unspecified atom stereocenters. The second-order valence-corrected chi connectivity index (χ2v) is 6.62. The van der Waals surface area contributed by atoms with Gasteiger partial charge in [0.25, 0.3) is 0 Å². The second kappa shape index (κ2) is 7.11. The van der Waals surface area contributed by atoms with Gasteiger partial charge in [-0.3, -0.25) is 4.79 Å². The van der Waals surface area contributed by atoms with Gasteiger partial charge in [-0.05, 0) is 17.7 Å². The number of hydrogen-bond acceptors (Lipinski definition) is 5. The predicted octanol–water partition coefficient (Wildman–Crippen LogP) is 2.58. The number of benzene rings is 1. The van der Waals surface area contributed by atoms with Crippen molar-refractivity contribution < 1.29 is 14.3 Å². The first kappa shape index (κ1) is 15.3. The third-order valence-corrected chi connectivity index (χ3v) is 4.78. The Morgan fingerprint density at radius 2 is 2.09 bits per heavy atom. The highest BCUT2D eigenvalue weighted by molar-refractivity contribution is 9.10. The number of carbonyl (C=O) groups excluding carboxylic acids is 1. The van der Waals surface area contributed by atoms with E-state index < -0.39 is 0 Å². The highest BCUT2D eigenvalue weighted by atomic mass is 79.9. The van der Waals surface area contributed by atoms with Crippen LogP contribution in [0.3, 0.4) is 0 Å². The van der Waals surface area contributed by atoms with Crippen LogP contribution in [0.2, 0.25) is 0 Å². The number of amides is 1. The van der Waals surface area contributed by atoms with Crippen molar-refractivity contribution in [3.05, 3.63) is 38.8 Å². The van der Waals surface area contributed by atoms with E-state index in [9.17, 15) is 4.79 Å². The van der Waals surface area contributed by atoms with Gasteiger partial charge in [0.05, 0.1) is 11.4 Å². The topological polar surface area (TPSA) is 60.5 Å². The summed E-state index contributed by atoms with van der Waals surface area (Å²) < 4.78 is 11.9. The van der Waals surface area contributed by atoms with Gasteiger partial charge in [-0.25, -0.2) is 4.98 Å². The molecule has 5 nitrogen and oxygen atoms in total. The van der Waals surface area contributed by atoms with Gasteiger partial charge in [-0.2, -0.15) is 0 Å². The summed E-state index contributed by atoms with van der Waals surface area (Å²) in [4.78, 5) is 16.2. The molecule has 1 aromatic heterocycles.